The fourth-order valence-electron chi connectivity index (χ4n) is 1.56. The van der Waals surface area contributed by atoms with Gasteiger partial charge in [-0.05, 0) is 34.1 Å². The van der Waals surface area contributed by atoms with Crippen LogP contribution in [-0.4, -0.2) is 33.9 Å². The van der Waals surface area contributed by atoms with E-state index in [9.17, 15) is 9.59 Å². The van der Waals surface area contributed by atoms with E-state index in [1.807, 2.05) is 0 Å². The number of halogens is 1. The Morgan fingerprint density at radius 3 is 2.74 bits per heavy atom. The van der Waals surface area contributed by atoms with Crippen LogP contribution in [0.2, 0.25) is 0 Å². The van der Waals surface area contributed by atoms with Crippen LogP contribution in [-0.2, 0) is 0 Å². The van der Waals surface area contributed by atoms with Crippen LogP contribution in [0.3, 0.4) is 0 Å². The number of aromatic amines is 1. The monoisotopic (exact) mass is 324 g/mol. The number of imidazole rings is 1. The maximum absolute atomic E-state index is 12.2. The number of nitrogens with one attached hydrogen (secondary N) is 1. The molecule has 0 saturated carbocycles. The van der Waals surface area contributed by atoms with E-state index in [0.717, 1.165) is 0 Å². The quantitative estimate of drug-likeness (QED) is 0.840. The summed E-state index contributed by atoms with van der Waals surface area (Å²) in [6, 6.07) is 4.79. The average Bonchev–Trinajstić information content (AvgIpc) is 2.87. The first-order chi connectivity index (χ1) is 9.04. The molecule has 2 aromatic rings. The number of nitrogens with zero attached hydrogens (tertiary/aromatic N) is 1. The number of hydrogen-bond acceptors (Lipinski definition) is 4. The predicted octanol–water partition coefficient (Wildman–Crippen LogP) is 2.11. The lowest BCUT2D eigenvalue weighted by molar-refractivity contribution is 0.0687. The smallest absolute Gasteiger partial charge is 0.354 e. The van der Waals surface area contributed by atoms with Crippen molar-refractivity contribution in [1.29, 1.82) is 0 Å². The molecule has 0 fully saturated rings. The van der Waals surface area contributed by atoms with Gasteiger partial charge in [-0.3, -0.25) is 4.79 Å². The molecule has 1 aromatic heterocycles. The number of methoxy groups -OCH3 is 1. The standard InChI is InChI=1S/C12H9BrN2O4/c1-19-6-2-3-7(8(13)4-6)11(16)9-10(12(17)18)15-5-14-9/h2-5H,1H3,(H,14,15)(H,17,18). The summed E-state index contributed by atoms with van der Waals surface area (Å²) in [5, 5.41) is 8.95. The Labute approximate surface area is 116 Å². The summed E-state index contributed by atoms with van der Waals surface area (Å²) in [4.78, 5) is 29.4. The van der Waals surface area contributed by atoms with Gasteiger partial charge in [0, 0.05) is 10.0 Å². The lowest BCUT2D eigenvalue weighted by Gasteiger charge is -2.05. The van der Waals surface area contributed by atoms with Crippen molar-refractivity contribution in [2.45, 2.75) is 0 Å². The minimum atomic E-state index is -1.23. The van der Waals surface area contributed by atoms with Crippen LogP contribution >= 0.6 is 15.9 Å². The van der Waals surface area contributed by atoms with Crippen molar-refractivity contribution in [3.8, 4) is 5.75 Å². The van der Waals surface area contributed by atoms with Gasteiger partial charge in [0.1, 0.15) is 11.4 Å². The van der Waals surface area contributed by atoms with E-state index in [4.69, 9.17) is 9.84 Å². The van der Waals surface area contributed by atoms with Crippen molar-refractivity contribution in [3.63, 3.8) is 0 Å². The maximum atomic E-state index is 12.2. The molecule has 0 aliphatic heterocycles. The van der Waals surface area contributed by atoms with Crippen LogP contribution in [0.25, 0.3) is 0 Å². The van der Waals surface area contributed by atoms with Crippen LogP contribution in [0, 0.1) is 0 Å². The normalized spacial score (nSPS) is 10.2. The number of aromatic nitrogens is 2. The SMILES string of the molecule is COc1ccc(C(=O)c2nc[nH]c2C(=O)O)c(Br)c1. The number of carbonyl (C=O) groups is 2. The van der Waals surface area contributed by atoms with Crippen LogP contribution in [0.15, 0.2) is 29.0 Å². The van der Waals surface area contributed by atoms with Crippen molar-refractivity contribution in [3.05, 3.63) is 46.0 Å². The van der Waals surface area contributed by atoms with Crippen molar-refractivity contribution in [1.82, 2.24) is 9.97 Å². The molecular weight excluding hydrogens is 316 g/mol. The van der Waals surface area contributed by atoms with Gasteiger partial charge in [-0.1, -0.05) is 0 Å². The summed E-state index contributed by atoms with van der Waals surface area (Å²) in [7, 11) is 1.51. The summed E-state index contributed by atoms with van der Waals surface area (Å²) in [6.45, 7) is 0. The molecule has 1 aromatic carbocycles. The fraction of sp³-hybridized carbons (Fsp3) is 0.0833. The molecule has 0 radical (unpaired) electrons. The number of aromatic carboxylic acids is 1. The second kappa shape index (κ2) is 5.23. The Morgan fingerprint density at radius 2 is 2.16 bits per heavy atom. The molecule has 0 spiro atoms. The highest BCUT2D eigenvalue weighted by Crippen LogP contribution is 2.25. The zero-order chi connectivity index (χ0) is 14.0. The summed E-state index contributed by atoms with van der Waals surface area (Å²) < 4.78 is 5.54. The van der Waals surface area contributed by atoms with E-state index in [0.29, 0.717) is 15.8 Å². The molecule has 19 heavy (non-hydrogen) atoms. The largest absolute Gasteiger partial charge is 0.497 e. The third-order valence-electron chi connectivity index (χ3n) is 2.49. The number of carboxylic acids is 1. The number of hydrogen-bond donors (Lipinski definition) is 2. The summed E-state index contributed by atoms with van der Waals surface area (Å²) in [5.41, 5.74) is -0.0403. The second-order valence-electron chi connectivity index (χ2n) is 3.61. The first-order valence-electron chi connectivity index (χ1n) is 5.19. The molecule has 6 nitrogen and oxygen atoms in total. The Balaban J connectivity index is 2.44. The molecule has 2 N–H and O–H groups in total. The van der Waals surface area contributed by atoms with Crippen molar-refractivity contribution >= 4 is 27.7 Å². The van der Waals surface area contributed by atoms with E-state index >= 15 is 0 Å². The van der Waals surface area contributed by atoms with Gasteiger partial charge in [0.15, 0.2) is 5.69 Å². The molecule has 0 atom stereocenters. The van der Waals surface area contributed by atoms with Crippen molar-refractivity contribution in [2.24, 2.45) is 0 Å². The molecule has 0 amide bonds. The van der Waals surface area contributed by atoms with Gasteiger partial charge in [0.25, 0.3) is 0 Å². The van der Waals surface area contributed by atoms with Crippen LogP contribution < -0.4 is 4.74 Å². The highest BCUT2D eigenvalue weighted by atomic mass is 79.9. The molecule has 0 aliphatic rings. The fourth-order valence-corrected chi connectivity index (χ4v) is 2.10. The molecule has 98 valence electrons. The number of ketones is 1. The van der Waals surface area contributed by atoms with Crippen molar-refractivity contribution < 1.29 is 19.4 Å². The van der Waals surface area contributed by atoms with E-state index < -0.39 is 11.8 Å². The molecule has 0 aliphatic carbocycles. The highest BCUT2D eigenvalue weighted by Gasteiger charge is 2.22. The van der Waals surface area contributed by atoms with E-state index in [1.165, 1.54) is 13.4 Å². The summed E-state index contributed by atoms with van der Waals surface area (Å²) in [6.07, 6.45) is 1.17. The lowest BCUT2D eigenvalue weighted by Crippen LogP contribution is -2.10. The Kier molecular flexibility index (Phi) is 3.66. The number of carboxylic acid groups (broad SMARTS) is 1. The van der Waals surface area contributed by atoms with Gasteiger partial charge in [-0.15, -0.1) is 0 Å². The Bertz CT molecular complexity index is 651. The Hall–Kier alpha value is -2.15. The van der Waals surface area contributed by atoms with E-state index in [2.05, 4.69) is 25.9 Å². The molecule has 0 bridgehead atoms. The highest BCUT2D eigenvalue weighted by molar-refractivity contribution is 9.10. The summed E-state index contributed by atoms with van der Waals surface area (Å²) in [5.74, 6) is -1.12. The third-order valence-corrected chi connectivity index (χ3v) is 3.15. The van der Waals surface area contributed by atoms with Gasteiger partial charge >= 0.3 is 5.97 Å². The molecule has 7 heteroatoms. The predicted molar refractivity (Wildman–Crippen MR) is 69.7 cm³/mol. The number of benzene rings is 1. The molecular formula is C12H9BrN2O4. The number of rotatable bonds is 4. The number of ether oxygens (including phenoxy) is 1. The average molecular weight is 325 g/mol. The minimum Gasteiger partial charge on any atom is -0.497 e. The molecule has 0 saturated heterocycles. The number of carbonyl (C=O) groups excluding carboxylic acids is 1. The molecule has 0 unspecified atom stereocenters. The van der Waals surface area contributed by atoms with Crippen molar-refractivity contribution in [2.75, 3.05) is 7.11 Å². The van der Waals surface area contributed by atoms with Crippen LogP contribution in [0.5, 0.6) is 5.75 Å². The van der Waals surface area contributed by atoms with E-state index in [1.54, 1.807) is 18.2 Å². The molecule has 2 rings (SSSR count). The molecule has 1 heterocycles. The lowest BCUT2D eigenvalue weighted by atomic mass is 10.1. The second-order valence-corrected chi connectivity index (χ2v) is 4.46. The first-order valence-corrected chi connectivity index (χ1v) is 5.98. The van der Waals surface area contributed by atoms with Gasteiger partial charge in [0.2, 0.25) is 5.78 Å². The maximum Gasteiger partial charge on any atom is 0.354 e. The van der Waals surface area contributed by atoms with Gasteiger partial charge in [0.05, 0.1) is 13.4 Å². The van der Waals surface area contributed by atoms with Gasteiger partial charge in [-0.25, -0.2) is 9.78 Å². The van der Waals surface area contributed by atoms with E-state index in [-0.39, 0.29) is 11.4 Å². The summed E-state index contributed by atoms with van der Waals surface area (Å²) >= 11 is 3.25. The van der Waals surface area contributed by atoms with Crippen LogP contribution in [0.4, 0.5) is 0 Å². The van der Waals surface area contributed by atoms with Gasteiger partial charge in [-0.2, -0.15) is 0 Å². The van der Waals surface area contributed by atoms with Crippen LogP contribution in [0.1, 0.15) is 26.5 Å². The first kappa shape index (κ1) is 13.3. The zero-order valence-electron chi connectivity index (χ0n) is 9.81. The Morgan fingerprint density at radius 1 is 1.42 bits per heavy atom. The zero-order valence-corrected chi connectivity index (χ0v) is 11.4. The third kappa shape index (κ3) is 2.50. The topological polar surface area (TPSA) is 92.3 Å². The number of H-pyrrole nitrogens is 1. The minimum absolute atomic E-state index is 0.127. The van der Waals surface area contributed by atoms with Gasteiger partial charge < -0.3 is 14.8 Å².